The Morgan fingerprint density at radius 3 is 1.42 bits per heavy atom. The molecule has 2 aromatic carbocycles. The summed E-state index contributed by atoms with van der Waals surface area (Å²) in [6.07, 6.45) is -10.2. The van der Waals surface area contributed by atoms with E-state index in [1.807, 2.05) is 0 Å². The number of alkyl halides is 6. The molecule has 0 unspecified atom stereocenters. The lowest BCUT2D eigenvalue weighted by molar-refractivity contribution is -0.138. The molecule has 4 aromatic rings. The van der Waals surface area contributed by atoms with Crippen LogP contribution in [0.3, 0.4) is 0 Å². The summed E-state index contributed by atoms with van der Waals surface area (Å²) in [7, 11) is -5.61. The molecule has 0 bridgehead atoms. The Kier molecular flexibility index (Phi) is 4.85. The summed E-state index contributed by atoms with van der Waals surface area (Å²) in [5.74, 6) is 0. The minimum Gasteiger partial charge on any atom is -0.410 e. The van der Waals surface area contributed by atoms with Crippen molar-refractivity contribution in [3.05, 3.63) is 46.5 Å². The molecular formula is C15H9F6N6O5P. The van der Waals surface area contributed by atoms with Gasteiger partial charge >= 0.3 is 19.9 Å². The Bertz CT molecular complexity index is 1340. The smallest absolute Gasteiger partial charge is 0.410 e. The molecular weight excluding hydrogens is 489 g/mol. The van der Waals surface area contributed by atoms with Crippen LogP contribution in [-0.2, 0) is 16.9 Å². The minimum absolute atomic E-state index is 0.0868. The van der Waals surface area contributed by atoms with E-state index in [0.717, 1.165) is 0 Å². The van der Waals surface area contributed by atoms with Crippen molar-refractivity contribution in [1.29, 1.82) is 0 Å². The predicted octanol–water partition coefficient (Wildman–Crippen LogP) is 2.96. The lowest BCUT2D eigenvalue weighted by Gasteiger charge is -2.22. The summed E-state index contributed by atoms with van der Waals surface area (Å²) in [6, 6.07) is 1.33. The molecule has 0 spiro atoms. The molecule has 4 rings (SSSR count). The maximum atomic E-state index is 13.4. The maximum Gasteiger partial charge on any atom is 0.416 e. The van der Waals surface area contributed by atoms with Crippen LogP contribution in [-0.4, -0.2) is 50.5 Å². The summed E-state index contributed by atoms with van der Waals surface area (Å²) in [5, 5.41) is 32.4. The van der Waals surface area contributed by atoms with Gasteiger partial charge in [-0.25, -0.2) is 0 Å². The third kappa shape index (κ3) is 3.83. The van der Waals surface area contributed by atoms with E-state index in [0.29, 0.717) is 12.1 Å². The van der Waals surface area contributed by atoms with Crippen molar-refractivity contribution in [2.75, 3.05) is 0 Å². The second-order valence-corrected chi connectivity index (χ2v) is 8.51. The van der Waals surface area contributed by atoms with Gasteiger partial charge in [0.05, 0.1) is 11.1 Å². The molecule has 0 fully saturated rings. The average molecular weight is 498 g/mol. The number of halogens is 6. The number of hydrogen-bond donors (Lipinski definition) is 4. The highest BCUT2D eigenvalue weighted by Crippen LogP contribution is 2.58. The van der Waals surface area contributed by atoms with Crippen molar-refractivity contribution in [2.45, 2.75) is 18.0 Å². The van der Waals surface area contributed by atoms with Crippen molar-refractivity contribution in [1.82, 2.24) is 30.3 Å². The van der Waals surface area contributed by atoms with Crippen LogP contribution in [0.1, 0.15) is 27.9 Å². The van der Waals surface area contributed by atoms with Crippen LogP contribution < -0.4 is 0 Å². The highest BCUT2D eigenvalue weighted by atomic mass is 31.2. The van der Waals surface area contributed by atoms with E-state index in [4.69, 9.17) is 0 Å². The first-order chi connectivity index (χ1) is 15.1. The van der Waals surface area contributed by atoms with Crippen LogP contribution in [0.25, 0.3) is 22.1 Å². The lowest BCUT2D eigenvalue weighted by Crippen LogP contribution is -2.12. The molecule has 0 saturated carbocycles. The summed E-state index contributed by atoms with van der Waals surface area (Å²) in [6.45, 7) is 0. The van der Waals surface area contributed by atoms with Gasteiger partial charge in [0.1, 0.15) is 27.7 Å². The molecule has 0 amide bonds. The zero-order chi connectivity index (χ0) is 24.5. The Hall–Kier alpha value is -3.43. The van der Waals surface area contributed by atoms with Crippen LogP contribution in [0, 0.1) is 0 Å². The van der Waals surface area contributed by atoms with Crippen molar-refractivity contribution < 1.29 is 51.1 Å². The van der Waals surface area contributed by atoms with Crippen LogP contribution >= 0.6 is 7.60 Å². The fourth-order valence-corrected chi connectivity index (χ4v) is 4.47. The first-order valence-corrected chi connectivity index (χ1v) is 10.1. The molecule has 0 aliphatic heterocycles. The molecule has 0 atom stereocenters. The van der Waals surface area contributed by atoms with Gasteiger partial charge in [-0.05, 0) is 34.7 Å². The van der Waals surface area contributed by atoms with Gasteiger partial charge in [0, 0.05) is 11.1 Å². The maximum absolute atomic E-state index is 13.4. The van der Waals surface area contributed by atoms with Gasteiger partial charge in [0.25, 0.3) is 0 Å². The molecule has 2 aromatic heterocycles. The second-order valence-electron chi connectivity index (χ2n) is 6.81. The van der Waals surface area contributed by atoms with Gasteiger partial charge in [-0.15, -0.1) is 10.2 Å². The molecule has 176 valence electrons. The fraction of sp³-hybridized carbons (Fsp3) is 0.200. The van der Waals surface area contributed by atoms with Crippen molar-refractivity contribution >= 4 is 29.7 Å². The monoisotopic (exact) mass is 498 g/mol. The Balaban J connectivity index is 2.15. The van der Waals surface area contributed by atoms with Gasteiger partial charge in [-0.3, -0.25) is 4.57 Å². The van der Waals surface area contributed by atoms with E-state index in [9.17, 15) is 51.1 Å². The molecule has 4 N–H and O–H groups in total. The lowest BCUT2D eigenvalue weighted by atomic mass is 9.97. The van der Waals surface area contributed by atoms with E-state index in [1.165, 1.54) is 0 Å². The number of nitrogens with zero attached hydrogens (tertiary/aromatic N) is 6. The Morgan fingerprint density at radius 2 is 1.12 bits per heavy atom. The molecule has 18 heteroatoms. The topological polar surface area (TPSA) is 159 Å². The van der Waals surface area contributed by atoms with Crippen LogP contribution in [0.15, 0.2) is 24.3 Å². The summed E-state index contributed by atoms with van der Waals surface area (Å²) in [5.41, 5.74) is -9.92. The first kappa shape index (κ1) is 22.8. The quantitative estimate of drug-likeness (QED) is 0.189. The Labute approximate surface area is 176 Å². The summed E-state index contributed by atoms with van der Waals surface area (Å²) in [4.78, 5) is 19.9. The van der Waals surface area contributed by atoms with E-state index < -0.39 is 69.9 Å². The zero-order valence-electron chi connectivity index (χ0n) is 15.5. The van der Waals surface area contributed by atoms with E-state index >= 15 is 0 Å². The molecule has 0 aliphatic carbocycles. The van der Waals surface area contributed by atoms with Gasteiger partial charge in [0.2, 0.25) is 0 Å². The molecule has 11 nitrogen and oxygen atoms in total. The molecule has 0 radical (unpaired) electrons. The first-order valence-electron chi connectivity index (χ1n) is 8.46. The average Bonchev–Trinajstić information content (AvgIpc) is 3.23. The number of aromatic nitrogens is 6. The molecule has 33 heavy (non-hydrogen) atoms. The number of hydrogen-bond acceptors (Lipinski definition) is 7. The van der Waals surface area contributed by atoms with Crippen LogP contribution in [0.2, 0.25) is 0 Å². The summed E-state index contributed by atoms with van der Waals surface area (Å²) >= 11 is 0. The van der Waals surface area contributed by atoms with Crippen molar-refractivity contribution in [3.63, 3.8) is 0 Å². The largest absolute Gasteiger partial charge is 0.416 e. The van der Waals surface area contributed by atoms with E-state index in [1.54, 1.807) is 0 Å². The number of rotatable bonds is 3. The molecule has 0 aliphatic rings. The van der Waals surface area contributed by atoms with Crippen LogP contribution in [0.5, 0.6) is 0 Å². The SMILES string of the molecule is O=P(O)(O)C(c1cc(C(F)(F)F)cc2c1nnn2O)c1cc(C(F)(F)F)cc2c1nnn2O. The van der Waals surface area contributed by atoms with Gasteiger partial charge < -0.3 is 20.2 Å². The zero-order valence-corrected chi connectivity index (χ0v) is 16.4. The third-order valence-corrected chi connectivity index (χ3v) is 5.94. The minimum atomic E-state index is -5.61. The number of benzene rings is 2. The highest BCUT2D eigenvalue weighted by Gasteiger charge is 2.42. The Morgan fingerprint density at radius 1 is 0.758 bits per heavy atom. The molecule has 0 saturated heterocycles. The third-order valence-electron chi connectivity index (χ3n) is 4.71. The number of fused-ring (bicyclic) bond motifs is 2. The predicted molar refractivity (Wildman–Crippen MR) is 93.3 cm³/mol. The summed E-state index contributed by atoms with van der Waals surface area (Å²) < 4.78 is 93.1. The van der Waals surface area contributed by atoms with Gasteiger partial charge in [-0.2, -0.15) is 26.3 Å². The van der Waals surface area contributed by atoms with Crippen molar-refractivity contribution in [3.8, 4) is 0 Å². The van der Waals surface area contributed by atoms with Gasteiger partial charge in [-0.1, -0.05) is 9.69 Å². The van der Waals surface area contributed by atoms with E-state index in [-0.39, 0.29) is 21.8 Å². The highest BCUT2D eigenvalue weighted by molar-refractivity contribution is 7.52. The second kappa shape index (κ2) is 7.03. The fourth-order valence-electron chi connectivity index (χ4n) is 3.35. The standard InChI is InChI=1S/C15H9F6N6O5P/c16-14(17,18)5-1-7(11-9(3-5)26(28)24-22-11)13(33(30,31)32)8-2-6(15(19,20)21)4-10-12(8)23-25-27(10)29/h1-4,13,28-29H,(H2,30,31,32). The van der Waals surface area contributed by atoms with Crippen molar-refractivity contribution in [2.24, 2.45) is 0 Å². The van der Waals surface area contributed by atoms with E-state index in [2.05, 4.69) is 20.6 Å². The van der Waals surface area contributed by atoms with Crippen LogP contribution in [0.4, 0.5) is 26.3 Å². The molecule has 2 heterocycles. The normalized spacial score (nSPS) is 13.5. The van der Waals surface area contributed by atoms with Gasteiger partial charge in [0.15, 0.2) is 0 Å².